The normalized spacial score (nSPS) is 32.4. The second kappa shape index (κ2) is 2.42. The summed E-state index contributed by atoms with van der Waals surface area (Å²) in [6.07, 6.45) is 1.50. The molecule has 3 nitrogen and oxygen atoms in total. The van der Waals surface area contributed by atoms with E-state index in [1.54, 1.807) is 6.92 Å². The minimum atomic E-state index is -0.872. The highest BCUT2D eigenvalue weighted by Crippen LogP contribution is 2.12. The number of nitrogens with two attached hydrogens (primary N) is 1. The first-order valence-corrected chi connectivity index (χ1v) is 3.45. The van der Waals surface area contributed by atoms with Gasteiger partial charge in [-0.3, -0.25) is 5.73 Å². The molecular formula is C5H7Cl2N3. The van der Waals surface area contributed by atoms with Crippen LogP contribution in [0.4, 0.5) is 0 Å². The minimum Gasteiger partial charge on any atom is -0.340 e. The predicted octanol–water partition coefficient (Wildman–Crippen LogP) is 0.940. The van der Waals surface area contributed by atoms with Crippen LogP contribution >= 0.6 is 23.2 Å². The Hall–Kier alpha value is -0.250. The summed E-state index contributed by atoms with van der Waals surface area (Å²) in [5.74, 6) is -0.872. The van der Waals surface area contributed by atoms with Gasteiger partial charge in [0, 0.05) is 6.08 Å². The quantitative estimate of drug-likeness (QED) is 0.545. The summed E-state index contributed by atoms with van der Waals surface area (Å²) >= 11 is 11.2. The van der Waals surface area contributed by atoms with Crippen molar-refractivity contribution in [2.45, 2.75) is 12.7 Å². The van der Waals surface area contributed by atoms with Crippen LogP contribution in [0.5, 0.6) is 0 Å². The number of nitrogens with zero attached hydrogens (tertiary/aromatic N) is 1. The summed E-state index contributed by atoms with van der Waals surface area (Å²) in [6.45, 7) is 1.67. The third kappa shape index (κ3) is 1.87. The molecule has 1 unspecified atom stereocenters. The van der Waals surface area contributed by atoms with Crippen LogP contribution in [0.3, 0.4) is 0 Å². The average Bonchev–Trinajstić information content (AvgIpc) is 1.54. The molecule has 0 aliphatic carbocycles. The van der Waals surface area contributed by atoms with Gasteiger partial charge in [-0.15, -0.1) is 0 Å². The van der Waals surface area contributed by atoms with Crippen molar-refractivity contribution in [2.24, 2.45) is 10.7 Å². The van der Waals surface area contributed by atoms with Crippen molar-refractivity contribution in [3.05, 3.63) is 11.2 Å². The van der Waals surface area contributed by atoms with E-state index in [9.17, 15) is 0 Å². The molecule has 0 spiro atoms. The van der Waals surface area contributed by atoms with Crippen molar-refractivity contribution in [3.8, 4) is 0 Å². The lowest BCUT2D eigenvalue weighted by Crippen LogP contribution is -2.49. The minimum absolute atomic E-state index is 0.314. The molecule has 0 aromatic rings. The molecular weight excluding hydrogens is 173 g/mol. The SMILES string of the molecule is CC1(N)N=C(Cl)C=C(Cl)N1. The molecule has 0 aromatic heterocycles. The zero-order chi connectivity index (χ0) is 7.78. The highest BCUT2D eigenvalue weighted by atomic mass is 35.5. The standard InChI is InChI=1S/C5H7Cl2N3/c1-5(8)9-3(6)2-4(7)10-5/h2,9H,8H2,1H3. The first-order chi connectivity index (χ1) is 4.49. The summed E-state index contributed by atoms with van der Waals surface area (Å²) in [4.78, 5) is 3.85. The van der Waals surface area contributed by atoms with Crippen LogP contribution in [0.25, 0.3) is 0 Å². The second-order valence-corrected chi connectivity index (χ2v) is 2.99. The molecule has 10 heavy (non-hydrogen) atoms. The third-order valence-corrected chi connectivity index (χ3v) is 1.35. The van der Waals surface area contributed by atoms with Crippen molar-refractivity contribution in [1.29, 1.82) is 0 Å². The van der Waals surface area contributed by atoms with Gasteiger partial charge in [0.1, 0.15) is 10.3 Å². The van der Waals surface area contributed by atoms with Crippen LogP contribution < -0.4 is 11.1 Å². The van der Waals surface area contributed by atoms with E-state index >= 15 is 0 Å². The molecule has 3 N–H and O–H groups in total. The third-order valence-electron chi connectivity index (χ3n) is 0.957. The Morgan fingerprint density at radius 3 is 2.70 bits per heavy atom. The first kappa shape index (κ1) is 7.85. The van der Waals surface area contributed by atoms with Gasteiger partial charge in [-0.1, -0.05) is 23.2 Å². The van der Waals surface area contributed by atoms with E-state index in [0.717, 1.165) is 0 Å². The molecule has 5 heteroatoms. The van der Waals surface area contributed by atoms with Gasteiger partial charge in [0.2, 0.25) is 0 Å². The van der Waals surface area contributed by atoms with Crippen LogP contribution in [0.1, 0.15) is 6.92 Å². The van der Waals surface area contributed by atoms with Crippen LogP contribution in [-0.4, -0.2) is 11.0 Å². The Kier molecular flexibility index (Phi) is 1.90. The molecule has 56 valence electrons. The smallest absolute Gasteiger partial charge is 0.181 e. The lowest BCUT2D eigenvalue weighted by molar-refractivity contribution is 0.432. The van der Waals surface area contributed by atoms with Gasteiger partial charge >= 0.3 is 0 Å². The van der Waals surface area contributed by atoms with Crippen LogP contribution in [-0.2, 0) is 0 Å². The zero-order valence-corrected chi connectivity index (χ0v) is 6.87. The van der Waals surface area contributed by atoms with E-state index in [0.29, 0.717) is 10.3 Å². The summed E-state index contributed by atoms with van der Waals surface area (Å²) in [5, 5.41) is 3.44. The Morgan fingerprint density at radius 2 is 2.30 bits per heavy atom. The fourth-order valence-corrected chi connectivity index (χ4v) is 1.30. The Balaban J connectivity index is 2.88. The number of rotatable bonds is 0. The molecule has 0 saturated carbocycles. The van der Waals surface area contributed by atoms with E-state index in [2.05, 4.69) is 10.3 Å². The molecule has 0 bridgehead atoms. The van der Waals surface area contributed by atoms with Crippen molar-refractivity contribution in [2.75, 3.05) is 0 Å². The van der Waals surface area contributed by atoms with Crippen molar-refractivity contribution in [3.63, 3.8) is 0 Å². The van der Waals surface area contributed by atoms with E-state index < -0.39 is 5.79 Å². The molecule has 1 aliphatic rings. The van der Waals surface area contributed by atoms with Gasteiger partial charge in [0.15, 0.2) is 5.79 Å². The Bertz CT molecular complexity index is 207. The molecule has 0 fully saturated rings. The highest BCUT2D eigenvalue weighted by molar-refractivity contribution is 6.69. The van der Waals surface area contributed by atoms with Crippen molar-refractivity contribution in [1.82, 2.24) is 5.32 Å². The maximum absolute atomic E-state index is 5.60. The van der Waals surface area contributed by atoms with Gasteiger partial charge in [0.25, 0.3) is 0 Å². The van der Waals surface area contributed by atoms with Crippen molar-refractivity contribution >= 4 is 28.4 Å². The second-order valence-electron chi connectivity index (χ2n) is 2.20. The maximum Gasteiger partial charge on any atom is 0.181 e. The summed E-state index contributed by atoms with van der Waals surface area (Å²) in [7, 11) is 0. The van der Waals surface area contributed by atoms with Crippen LogP contribution in [0.15, 0.2) is 16.2 Å². The van der Waals surface area contributed by atoms with Gasteiger partial charge in [0.05, 0.1) is 0 Å². The largest absolute Gasteiger partial charge is 0.340 e. The topological polar surface area (TPSA) is 50.4 Å². The van der Waals surface area contributed by atoms with Crippen LogP contribution in [0.2, 0.25) is 0 Å². The fraction of sp³-hybridized carbons (Fsp3) is 0.400. The molecule has 1 heterocycles. The molecule has 0 aromatic carbocycles. The lowest BCUT2D eigenvalue weighted by Gasteiger charge is -2.25. The number of hydrogen-bond donors (Lipinski definition) is 2. The number of aliphatic imine (C=N–C) groups is 1. The van der Waals surface area contributed by atoms with E-state index in [4.69, 9.17) is 28.9 Å². The molecule has 0 radical (unpaired) electrons. The lowest BCUT2D eigenvalue weighted by atomic mass is 10.4. The van der Waals surface area contributed by atoms with E-state index in [1.165, 1.54) is 6.08 Å². The predicted molar refractivity (Wildman–Crippen MR) is 43.0 cm³/mol. The average molecular weight is 180 g/mol. The zero-order valence-electron chi connectivity index (χ0n) is 5.36. The van der Waals surface area contributed by atoms with E-state index in [1.807, 2.05) is 0 Å². The highest BCUT2D eigenvalue weighted by Gasteiger charge is 2.20. The molecule has 1 atom stereocenters. The number of halogens is 2. The number of allylic oxidation sites excluding steroid dienone is 1. The molecule has 0 amide bonds. The van der Waals surface area contributed by atoms with Crippen molar-refractivity contribution < 1.29 is 0 Å². The van der Waals surface area contributed by atoms with Gasteiger partial charge in [-0.25, -0.2) is 4.99 Å². The summed E-state index contributed by atoms with van der Waals surface area (Å²) < 4.78 is 0. The number of nitrogens with one attached hydrogen (secondary N) is 1. The maximum atomic E-state index is 5.60. The van der Waals surface area contributed by atoms with Gasteiger partial charge in [-0.05, 0) is 6.92 Å². The Labute approximate surface area is 68.9 Å². The molecule has 0 saturated heterocycles. The van der Waals surface area contributed by atoms with E-state index in [-0.39, 0.29) is 0 Å². The van der Waals surface area contributed by atoms with Crippen LogP contribution in [0, 0.1) is 0 Å². The van der Waals surface area contributed by atoms with Gasteiger partial charge < -0.3 is 5.32 Å². The fourth-order valence-electron chi connectivity index (χ4n) is 0.665. The Morgan fingerprint density at radius 1 is 1.70 bits per heavy atom. The molecule has 1 rings (SSSR count). The summed E-state index contributed by atoms with van der Waals surface area (Å²) in [5.41, 5.74) is 5.55. The number of hydrogen-bond acceptors (Lipinski definition) is 3. The monoisotopic (exact) mass is 179 g/mol. The summed E-state index contributed by atoms with van der Waals surface area (Å²) in [6, 6.07) is 0. The molecule has 1 aliphatic heterocycles. The van der Waals surface area contributed by atoms with Gasteiger partial charge in [-0.2, -0.15) is 0 Å². The first-order valence-electron chi connectivity index (χ1n) is 2.69.